The Hall–Kier alpha value is -3.84. The zero-order valence-electron chi connectivity index (χ0n) is 22.1. The van der Waals surface area contributed by atoms with Gasteiger partial charge in [-0.15, -0.1) is 11.3 Å². The molecule has 1 heterocycles. The number of amides is 2. The molecule has 0 bridgehead atoms. The number of hydrogen-bond donors (Lipinski definition) is 2. The molecule has 1 aromatic heterocycles. The fourth-order valence-electron chi connectivity index (χ4n) is 3.23. The van der Waals surface area contributed by atoms with Crippen LogP contribution in [-0.2, 0) is 9.47 Å². The van der Waals surface area contributed by atoms with Crippen LogP contribution < -0.4 is 10.6 Å². The van der Waals surface area contributed by atoms with Crippen LogP contribution >= 0.6 is 11.3 Å². The largest absolute Gasteiger partial charge is 0.444 e. The van der Waals surface area contributed by atoms with E-state index in [0.29, 0.717) is 11.4 Å². The van der Waals surface area contributed by atoms with Gasteiger partial charge in [0.05, 0.1) is 21.1 Å². The average molecular weight is 519 g/mol. The molecule has 0 radical (unpaired) electrons. The Kier molecular flexibility index (Phi) is 8.95. The Morgan fingerprint density at radius 2 is 0.973 bits per heavy atom. The van der Waals surface area contributed by atoms with Crippen LogP contribution in [0.4, 0.5) is 21.0 Å². The van der Waals surface area contributed by atoms with Gasteiger partial charge in [-0.05, 0) is 64.8 Å². The molecule has 3 aromatic rings. The van der Waals surface area contributed by atoms with E-state index in [-0.39, 0.29) is 0 Å². The van der Waals surface area contributed by atoms with Crippen molar-refractivity contribution < 1.29 is 19.1 Å². The van der Waals surface area contributed by atoms with Crippen molar-refractivity contribution >= 4 is 59.2 Å². The van der Waals surface area contributed by atoms with Gasteiger partial charge in [0.1, 0.15) is 11.2 Å². The number of carbonyl (C=O) groups is 2. The van der Waals surface area contributed by atoms with Crippen molar-refractivity contribution in [3.63, 3.8) is 0 Å². The number of nitrogens with one attached hydrogen (secondary N) is 2. The Morgan fingerprint density at radius 3 is 1.30 bits per heavy atom. The van der Waals surface area contributed by atoms with Crippen LogP contribution in [0.1, 0.15) is 62.4 Å². The summed E-state index contributed by atoms with van der Waals surface area (Å²) in [5.41, 5.74) is 1.50. The lowest BCUT2D eigenvalue weighted by atomic mass is 10.2. The molecule has 37 heavy (non-hydrogen) atoms. The monoisotopic (exact) mass is 518 g/mol. The van der Waals surface area contributed by atoms with Gasteiger partial charge in [-0.25, -0.2) is 9.59 Å². The number of benzene rings is 2. The Balaban J connectivity index is 2.08. The smallest absolute Gasteiger partial charge is 0.412 e. The fraction of sp³-hybridized carbons (Fsp3) is 0.267. The second-order valence-electron chi connectivity index (χ2n) is 10.3. The van der Waals surface area contributed by atoms with E-state index >= 15 is 0 Å². The highest BCUT2D eigenvalue weighted by Gasteiger charge is 2.25. The first-order valence-electron chi connectivity index (χ1n) is 12.0. The molecule has 0 aliphatic heterocycles. The summed E-state index contributed by atoms with van der Waals surface area (Å²) >= 11 is 1.43. The van der Waals surface area contributed by atoms with Crippen molar-refractivity contribution in [3.05, 3.63) is 81.5 Å². The van der Waals surface area contributed by atoms with Crippen LogP contribution in [0.25, 0.3) is 24.3 Å². The molecule has 0 saturated heterocycles. The number of ether oxygens (including phenoxy) is 2. The Labute approximate surface area is 223 Å². The molecule has 3 rings (SSSR count). The summed E-state index contributed by atoms with van der Waals surface area (Å²) in [7, 11) is 0. The second-order valence-corrected chi connectivity index (χ2v) is 11.4. The number of carbonyl (C=O) groups excluding carboxylic acids is 2. The summed E-state index contributed by atoms with van der Waals surface area (Å²) in [6.45, 7) is 10.8. The molecular weight excluding hydrogens is 484 g/mol. The van der Waals surface area contributed by atoms with Gasteiger partial charge in [-0.3, -0.25) is 10.6 Å². The first kappa shape index (κ1) is 27.7. The fourth-order valence-corrected chi connectivity index (χ4v) is 4.25. The predicted octanol–water partition coefficient (Wildman–Crippen LogP) is 8.78. The number of rotatable bonds is 6. The molecule has 0 atom stereocenters. The molecule has 2 N–H and O–H groups in total. The molecule has 0 aliphatic carbocycles. The third-order valence-electron chi connectivity index (χ3n) is 4.67. The molecule has 0 aliphatic rings. The normalized spacial score (nSPS) is 12.1. The third kappa shape index (κ3) is 9.28. The van der Waals surface area contributed by atoms with E-state index in [0.717, 1.165) is 20.9 Å². The maximum atomic E-state index is 12.8. The molecule has 0 saturated carbocycles. The molecule has 0 unspecified atom stereocenters. The van der Waals surface area contributed by atoms with E-state index in [4.69, 9.17) is 9.47 Å². The van der Waals surface area contributed by atoms with Crippen molar-refractivity contribution in [3.8, 4) is 0 Å². The van der Waals surface area contributed by atoms with Crippen molar-refractivity contribution in [2.24, 2.45) is 0 Å². The van der Waals surface area contributed by atoms with Crippen molar-refractivity contribution in [2.45, 2.75) is 52.7 Å². The van der Waals surface area contributed by atoms with Crippen LogP contribution in [0.5, 0.6) is 0 Å². The highest BCUT2D eigenvalue weighted by atomic mass is 32.1. The topological polar surface area (TPSA) is 76.7 Å². The van der Waals surface area contributed by atoms with Gasteiger partial charge >= 0.3 is 12.2 Å². The first-order valence-corrected chi connectivity index (χ1v) is 12.8. The summed E-state index contributed by atoms with van der Waals surface area (Å²) < 4.78 is 11.0. The third-order valence-corrected chi connectivity index (χ3v) is 5.79. The number of anilines is 2. The van der Waals surface area contributed by atoms with E-state index in [9.17, 15) is 9.59 Å². The van der Waals surface area contributed by atoms with Gasteiger partial charge < -0.3 is 9.47 Å². The SMILES string of the molecule is CC(C)(C)OC(=O)Nc1c(/C=C/c2ccccc2)sc(/C=C/c2ccccc2)c1NC(=O)OC(C)(C)C. The molecule has 0 fully saturated rings. The summed E-state index contributed by atoms with van der Waals surface area (Å²) in [6.07, 6.45) is 6.48. The highest BCUT2D eigenvalue weighted by molar-refractivity contribution is 7.15. The van der Waals surface area contributed by atoms with Gasteiger partial charge in [0, 0.05) is 0 Å². The standard InChI is InChI=1S/C30H34N2O4S/c1-29(2,3)35-27(33)31-25-23(19-17-21-13-9-7-10-14-21)37-24(20-18-22-15-11-8-12-16-22)26(25)32-28(34)36-30(4,5)6/h7-20H,1-6H3,(H,31,33)(H,32,34)/b19-17+,20-18+. The zero-order valence-corrected chi connectivity index (χ0v) is 22.9. The van der Waals surface area contributed by atoms with Crippen LogP contribution in [0.15, 0.2) is 60.7 Å². The average Bonchev–Trinajstić information content (AvgIpc) is 3.11. The van der Waals surface area contributed by atoms with Crippen LogP contribution in [0.3, 0.4) is 0 Å². The minimum absolute atomic E-state index is 0.435. The predicted molar refractivity (Wildman–Crippen MR) is 155 cm³/mol. The lowest BCUT2D eigenvalue weighted by Gasteiger charge is -2.21. The molecule has 2 amide bonds. The molecule has 6 nitrogen and oxygen atoms in total. The Morgan fingerprint density at radius 1 is 0.622 bits per heavy atom. The van der Waals surface area contributed by atoms with Gasteiger partial charge in [-0.1, -0.05) is 72.8 Å². The molecule has 194 valence electrons. The summed E-state index contributed by atoms with van der Waals surface area (Å²) in [6, 6.07) is 19.7. The molecule has 2 aromatic carbocycles. The van der Waals surface area contributed by atoms with Gasteiger partial charge in [0.15, 0.2) is 0 Å². The highest BCUT2D eigenvalue weighted by Crippen LogP contribution is 2.41. The maximum absolute atomic E-state index is 12.8. The van der Waals surface area contributed by atoms with Crippen LogP contribution in [0.2, 0.25) is 0 Å². The van der Waals surface area contributed by atoms with Crippen LogP contribution in [0, 0.1) is 0 Å². The lowest BCUT2D eigenvalue weighted by Crippen LogP contribution is -2.29. The molecular formula is C30H34N2O4S. The minimum atomic E-state index is -0.686. The second kappa shape index (κ2) is 11.9. The minimum Gasteiger partial charge on any atom is -0.444 e. The summed E-state index contributed by atoms with van der Waals surface area (Å²) in [5.74, 6) is 0. The van der Waals surface area contributed by atoms with Crippen molar-refractivity contribution in [2.75, 3.05) is 10.6 Å². The maximum Gasteiger partial charge on any atom is 0.412 e. The number of hydrogen-bond acceptors (Lipinski definition) is 5. The zero-order chi connectivity index (χ0) is 27.1. The van der Waals surface area contributed by atoms with E-state index in [1.54, 1.807) is 41.5 Å². The summed E-state index contributed by atoms with van der Waals surface area (Å²) in [4.78, 5) is 27.1. The Bertz CT molecular complexity index is 1170. The van der Waals surface area contributed by atoms with E-state index in [1.807, 2.05) is 85.0 Å². The van der Waals surface area contributed by atoms with E-state index < -0.39 is 23.4 Å². The van der Waals surface area contributed by atoms with Crippen LogP contribution in [-0.4, -0.2) is 23.4 Å². The van der Waals surface area contributed by atoms with Gasteiger partial charge in [0.2, 0.25) is 0 Å². The molecule has 7 heteroatoms. The van der Waals surface area contributed by atoms with E-state index in [2.05, 4.69) is 10.6 Å². The van der Waals surface area contributed by atoms with Crippen molar-refractivity contribution in [1.82, 2.24) is 0 Å². The van der Waals surface area contributed by atoms with Gasteiger partial charge in [-0.2, -0.15) is 0 Å². The molecule has 0 spiro atoms. The van der Waals surface area contributed by atoms with Crippen molar-refractivity contribution in [1.29, 1.82) is 0 Å². The quantitative estimate of drug-likeness (QED) is 0.342. The van der Waals surface area contributed by atoms with Gasteiger partial charge in [0.25, 0.3) is 0 Å². The lowest BCUT2D eigenvalue weighted by molar-refractivity contribution is 0.0621. The summed E-state index contributed by atoms with van der Waals surface area (Å²) in [5, 5.41) is 5.71. The first-order chi connectivity index (χ1) is 17.4. The van der Waals surface area contributed by atoms with E-state index in [1.165, 1.54) is 11.3 Å². The number of thiophene rings is 1.